The first-order chi connectivity index (χ1) is 12.6. The largest absolute Gasteiger partial charge is 0.424 e. The number of hydrogen-bond donors (Lipinski definition) is 1. The van der Waals surface area contributed by atoms with Crippen molar-refractivity contribution in [1.82, 2.24) is 4.98 Å². The number of para-hydroxylation sites is 1. The molecule has 1 atom stereocenters. The summed E-state index contributed by atoms with van der Waals surface area (Å²) in [5.41, 5.74) is 9.32. The number of hydrogen-bond acceptors (Lipinski definition) is 5. The first-order valence-corrected chi connectivity index (χ1v) is 8.87. The number of anilines is 2. The lowest BCUT2D eigenvalue weighted by atomic mass is 9.86. The lowest BCUT2D eigenvalue weighted by molar-refractivity contribution is 0.522. The Hall–Kier alpha value is -3.04. The molecule has 1 aliphatic heterocycles. The maximum absolute atomic E-state index is 9.89. The van der Waals surface area contributed by atoms with E-state index in [0.717, 1.165) is 15.7 Å². The average molecular weight is 407 g/mol. The van der Waals surface area contributed by atoms with E-state index in [1.165, 1.54) is 0 Å². The quantitative estimate of drug-likeness (QED) is 0.665. The summed E-state index contributed by atoms with van der Waals surface area (Å²) in [5.74, 6) is 1.04. The van der Waals surface area contributed by atoms with Gasteiger partial charge in [0.05, 0.1) is 23.2 Å². The molecule has 0 bridgehead atoms. The smallest absolute Gasteiger partial charge is 0.230 e. The summed E-state index contributed by atoms with van der Waals surface area (Å²) < 4.78 is 6.80. The van der Waals surface area contributed by atoms with Gasteiger partial charge in [-0.15, -0.1) is 0 Å². The Morgan fingerprint density at radius 2 is 1.85 bits per heavy atom. The van der Waals surface area contributed by atoms with E-state index in [1.807, 2.05) is 54.6 Å². The van der Waals surface area contributed by atoms with Crippen LogP contribution in [0.2, 0.25) is 0 Å². The molecule has 0 aliphatic carbocycles. The molecular formula is C20H15BrN4O. The highest BCUT2D eigenvalue weighted by Crippen LogP contribution is 2.47. The van der Waals surface area contributed by atoms with E-state index in [4.69, 9.17) is 10.2 Å². The van der Waals surface area contributed by atoms with Gasteiger partial charge in [0.15, 0.2) is 5.89 Å². The maximum atomic E-state index is 9.89. The molecule has 1 aliphatic rings. The Balaban J connectivity index is 2.00. The first kappa shape index (κ1) is 16.4. The van der Waals surface area contributed by atoms with Gasteiger partial charge in [0.2, 0.25) is 5.88 Å². The minimum atomic E-state index is -0.386. The summed E-state index contributed by atoms with van der Waals surface area (Å²) >= 11 is 3.58. The van der Waals surface area contributed by atoms with Crippen LogP contribution >= 0.6 is 15.9 Å². The number of oxazole rings is 1. The van der Waals surface area contributed by atoms with E-state index in [-0.39, 0.29) is 5.92 Å². The highest BCUT2D eigenvalue weighted by atomic mass is 79.9. The average Bonchev–Trinajstić information content (AvgIpc) is 3.02. The van der Waals surface area contributed by atoms with E-state index in [2.05, 4.69) is 27.0 Å². The van der Waals surface area contributed by atoms with E-state index >= 15 is 0 Å². The van der Waals surface area contributed by atoms with Crippen LogP contribution < -0.4 is 10.6 Å². The summed E-state index contributed by atoms with van der Waals surface area (Å²) in [5, 5.41) is 9.89. The maximum Gasteiger partial charge on any atom is 0.230 e. The van der Waals surface area contributed by atoms with Crippen LogP contribution in [0.4, 0.5) is 11.6 Å². The van der Waals surface area contributed by atoms with Crippen LogP contribution in [0.5, 0.6) is 0 Å². The second kappa shape index (κ2) is 6.36. The number of nitriles is 1. The molecule has 128 valence electrons. The molecule has 0 spiro atoms. The topological polar surface area (TPSA) is 79.1 Å². The Morgan fingerprint density at radius 3 is 2.54 bits per heavy atom. The molecule has 2 aromatic carbocycles. The molecule has 0 amide bonds. The molecule has 2 N–H and O–H groups in total. The summed E-state index contributed by atoms with van der Waals surface area (Å²) in [6, 6.07) is 19.6. The standard InChI is InChI=1S/C20H15BrN4O/c1-12-24-18-17(14-9-5-6-10-16(14)21)15(11-22)19(23)25(20(18)26-12)13-7-3-2-4-8-13/h2-10,17H,23H2,1H3. The number of rotatable bonds is 2. The number of nitrogens with two attached hydrogens (primary N) is 1. The molecule has 1 unspecified atom stereocenters. The van der Waals surface area contributed by atoms with Crippen LogP contribution in [-0.2, 0) is 0 Å². The Kier molecular flexibility index (Phi) is 4.02. The van der Waals surface area contributed by atoms with Crippen molar-refractivity contribution >= 4 is 27.5 Å². The van der Waals surface area contributed by atoms with Crippen LogP contribution in [0.3, 0.4) is 0 Å². The van der Waals surface area contributed by atoms with Crippen molar-refractivity contribution in [3.05, 3.63) is 87.6 Å². The van der Waals surface area contributed by atoms with Crippen molar-refractivity contribution in [3.63, 3.8) is 0 Å². The highest BCUT2D eigenvalue weighted by molar-refractivity contribution is 9.10. The van der Waals surface area contributed by atoms with Gasteiger partial charge in [-0.05, 0) is 23.8 Å². The predicted molar refractivity (Wildman–Crippen MR) is 103 cm³/mol. The van der Waals surface area contributed by atoms with E-state index in [9.17, 15) is 5.26 Å². The molecule has 1 aromatic heterocycles. The molecule has 2 heterocycles. The minimum absolute atomic E-state index is 0.350. The number of nitrogens with zero attached hydrogens (tertiary/aromatic N) is 3. The van der Waals surface area contributed by atoms with Crippen LogP contribution in [0.15, 0.2) is 74.9 Å². The number of halogens is 1. The van der Waals surface area contributed by atoms with Gasteiger partial charge in [0.1, 0.15) is 11.5 Å². The molecular weight excluding hydrogens is 392 g/mol. The van der Waals surface area contributed by atoms with Gasteiger partial charge in [0.25, 0.3) is 0 Å². The Morgan fingerprint density at radius 1 is 1.15 bits per heavy atom. The third-order valence-corrected chi connectivity index (χ3v) is 5.10. The number of aryl methyl sites for hydroxylation is 1. The number of aromatic nitrogens is 1. The van der Waals surface area contributed by atoms with Crippen LogP contribution in [0, 0.1) is 18.3 Å². The second-order valence-electron chi connectivity index (χ2n) is 5.96. The normalized spacial score (nSPS) is 16.3. The zero-order valence-electron chi connectivity index (χ0n) is 14.0. The summed E-state index contributed by atoms with van der Waals surface area (Å²) in [6.07, 6.45) is 0. The predicted octanol–water partition coefficient (Wildman–Crippen LogP) is 4.72. The molecule has 0 radical (unpaired) electrons. The molecule has 4 rings (SSSR count). The molecule has 3 aromatic rings. The van der Waals surface area contributed by atoms with Crippen molar-refractivity contribution in [2.75, 3.05) is 4.90 Å². The van der Waals surface area contributed by atoms with Gasteiger partial charge in [-0.25, -0.2) is 4.98 Å². The fraction of sp³-hybridized carbons (Fsp3) is 0.100. The zero-order valence-corrected chi connectivity index (χ0v) is 15.6. The fourth-order valence-corrected chi connectivity index (χ4v) is 3.78. The number of benzene rings is 2. The monoisotopic (exact) mass is 406 g/mol. The van der Waals surface area contributed by atoms with Gasteiger partial charge < -0.3 is 10.2 Å². The molecule has 26 heavy (non-hydrogen) atoms. The summed E-state index contributed by atoms with van der Waals surface area (Å²) in [4.78, 5) is 6.34. The van der Waals surface area contributed by atoms with E-state index in [0.29, 0.717) is 28.9 Å². The van der Waals surface area contributed by atoms with E-state index < -0.39 is 0 Å². The van der Waals surface area contributed by atoms with Gasteiger partial charge in [-0.2, -0.15) is 5.26 Å². The fourth-order valence-electron chi connectivity index (χ4n) is 3.26. The third kappa shape index (κ3) is 2.49. The van der Waals surface area contributed by atoms with Crippen molar-refractivity contribution in [3.8, 4) is 6.07 Å². The molecule has 0 saturated heterocycles. The molecule has 6 heteroatoms. The summed E-state index contributed by atoms with van der Waals surface area (Å²) in [7, 11) is 0. The molecule has 0 saturated carbocycles. The minimum Gasteiger partial charge on any atom is -0.424 e. The first-order valence-electron chi connectivity index (χ1n) is 8.08. The van der Waals surface area contributed by atoms with Crippen LogP contribution in [-0.4, -0.2) is 4.98 Å². The van der Waals surface area contributed by atoms with Crippen molar-refractivity contribution in [2.24, 2.45) is 5.73 Å². The SMILES string of the molecule is Cc1nc2c(o1)N(c1ccccc1)C(N)=C(C#N)C2c1ccccc1Br. The number of fused-ring (bicyclic) bond motifs is 1. The van der Waals surface area contributed by atoms with Gasteiger partial charge in [-0.3, -0.25) is 4.90 Å². The lowest BCUT2D eigenvalue weighted by Crippen LogP contribution is -2.31. The number of allylic oxidation sites excluding steroid dienone is 1. The van der Waals surface area contributed by atoms with Gasteiger partial charge in [-0.1, -0.05) is 52.3 Å². The Bertz CT molecular complexity index is 1050. The zero-order chi connectivity index (χ0) is 18.3. The van der Waals surface area contributed by atoms with Gasteiger partial charge >= 0.3 is 0 Å². The Labute approximate surface area is 159 Å². The summed E-state index contributed by atoms with van der Waals surface area (Å²) in [6.45, 7) is 1.79. The third-order valence-electron chi connectivity index (χ3n) is 4.37. The highest BCUT2D eigenvalue weighted by Gasteiger charge is 2.38. The lowest BCUT2D eigenvalue weighted by Gasteiger charge is -2.31. The van der Waals surface area contributed by atoms with Crippen LogP contribution in [0.1, 0.15) is 23.1 Å². The van der Waals surface area contributed by atoms with Crippen LogP contribution in [0.25, 0.3) is 0 Å². The molecule has 5 nitrogen and oxygen atoms in total. The van der Waals surface area contributed by atoms with Crippen molar-refractivity contribution in [1.29, 1.82) is 5.26 Å². The van der Waals surface area contributed by atoms with Crippen molar-refractivity contribution in [2.45, 2.75) is 12.8 Å². The second-order valence-corrected chi connectivity index (χ2v) is 6.81. The molecule has 0 fully saturated rings. The van der Waals surface area contributed by atoms with Gasteiger partial charge in [0, 0.05) is 11.4 Å². The van der Waals surface area contributed by atoms with E-state index in [1.54, 1.807) is 11.8 Å². The van der Waals surface area contributed by atoms with Crippen molar-refractivity contribution < 1.29 is 4.42 Å².